The minimum atomic E-state index is -0.263. The molecule has 1 aromatic carbocycles. The number of carbonyl (C=O) groups is 1. The van der Waals surface area contributed by atoms with E-state index >= 15 is 0 Å². The van der Waals surface area contributed by atoms with Crippen molar-refractivity contribution in [2.75, 3.05) is 21.3 Å². The molecular weight excluding hydrogens is 284 g/mol. The molecule has 0 saturated carbocycles. The van der Waals surface area contributed by atoms with Crippen molar-refractivity contribution in [3.8, 4) is 17.2 Å². The lowest BCUT2D eigenvalue weighted by Crippen LogP contribution is -2.24. The number of hydrogen-bond donors (Lipinski definition) is 1. The van der Waals surface area contributed by atoms with Crippen molar-refractivity contribution < 1.29 is 19.0 Å². The summed E-state index contributed by atoms with van der Waals surface area (Å²) < 4.78 is 15.9. The van der Waals surface area contributed by atoms with Crippen molar-refractivity contribution in [3.63, 3.8) is 0 Å². The normalized spacial score (nSPS) is 9.95. The number of ether oxygens (including phenoxy) is 3. The van der Waals surface area contributed by atoms with E-state index in [1.807, 2.05) is 0 Å². The average molecular weight is 302 g/mol. The third-order valence-corrected chi connectivity index (χ3v) is 3.14. The van der Waals surface area contributed by atoms with E-state index in [0.29, 0.717) is 22.9 Å². The van der Waals surface area contributed by atoms with E-state index in [1.165, 1.54) is 0 Å². The van der Waals surface area contributed by atoms with Gasteiger partial charge in [-0.3, -0.25) is 9.78 Å². The Bertz CT molecular complexity index is 619. The smallest absolute Gasteiger partial charge is 0.270 e. The van der Waals surface area contributed by atoms with Gasteiger partial charge in [-0.05, 0) is 12.1 Å². The Balaban J connectivity index is 2.20. The summed E-state index contributed by atoms with van der Waals surface area (Å²) in [6, 6.07) is 8.65. The SMILES string of the molecule is COc1cc(OC)c(CNC(=O)c2ccccn2)c(OC)c1. The summed E-state index contributed by atoms with van der Waals surface area (Å²) in [5.74, 6) is 1.52. The lowest BCUT2D eigenvalue weighted by atomic mass is 10.1. The zero-order valence-electron chi connectivity index (χ0n) is 12.8. The number of hydrogen-bond acceptors (Lipinski definition) is 5. The zero-order chi connectivity index (χ0) is 15.9. The molecule has 1 N–H and O–H groups in total. The van der Waals surface area contributed by atoms with Crippen molar-refractivity contribution in [1.82, 2.24) is 10.3 Å². The van der Waals surface area contributed by atoms with Gasteiger partial charge in [0.25, 0.3) is 5.91 Å². The predicted molar refractivity (Wildman–Crippen MR) is 81.5 cm³/mol. The molecular formula is C16H18N2O4. The number of rotatable bonds is 6. The maximum atomic E-state index is 12.1. The van der Waals surface area contributed by atoms with Gasteiger partial charge in [-0.1, -0.05) is 6.07 Å². The molecule has 0 aliphatic heterocycles. The molecule has 0 aliphatic carbocycles. The molecule has 0 radical (unpaired) electrons. The second-order valence-electron chi connectivity index (χ2n) is 4.41. The number of amides is 1. The van der Waals surface area contributed by atoms with Crippen LogP contribution in [-0.2, 0) is 6.54 Å². The molecule has 0 bridgehead atoms. The number of nitrogens with one attached hydrogen (secondary N) is 1. The Morgan fingerprint density at radius 2 is 1.77 bits per heavy atom. The molecule has 0 fully saturated rings. The van der Waals surface area contributed by atoms with Gasteiger partial charge in [-0.25, -0.2) is 0 Å². The molecule has 0 saturated heterocycles. The summed E-state index contributed by atoms with van der Waals surface area (Å²) in [6.45, 7) is 0.256. The third kappa shape index (κ3) is 3.46. The van der Waals surface area contributed by atoms with Crippen molar-refractivity contribution in [2.24, 2.45) is 0 Å². The van der Waals surface area contributed by atoms with Crippen LogP contribution in [0, 0.1) is 0 Å². The quantitative estimate of drug-likeness (QED) is 0.884. The molecule has 0 spiro atoms. The van der Waals surface area contributed by atoms with Gasteiger partial charge in [-0.2, -0.15) is 0 Å². The fraction of sp³-hybridized carbons (Fsp3) is 0.250. The molecule has 1 amide bonds. The fourth-order valence-corrected chi connectivity index (χ4v) is 2.01. The standard InChI is InChI=1S/C16H18N2O4/c1-20-11-8-14(21-2)12(15(9-11)22-3)10-18-16(19)13-6-4-5-7-17-13/h4-9H,10H2,1-3H3,(H,18,19). The lowest BCUT2D eigenvalue weighted by molar-refractivity contribution is 0.0945. The number of methoxy groups -OCH3 is 3. The topological polar surface area (TPSA) is 69.7 Å². The maximum absolute atomic E-state index is 12.1. The molecule has 6 heteroatoms. The van der Waals surface area contributed by atoms with E-state index in [-0.39, 0.29) is 12.5 Å². The van der Waals surface area contributed by atoms with Crippen LogP contribution in [0.3, 0.4) is 0 Å². The minimum Gasteiger partial charge on any atom is -0.496 e. The predicted octanol–water partition coefficient (Wildman–Crippen LogP) is 2.04. The first-order valence-corrected chi connectivity index (χ1v) is 6.67. The molecule has 2 aromatic rings. The summed E-state index contributed by atoms with van der Waals surface area (Å²) in [4.78, 5) is 16.1. The van der Waals surface area contributed by atoms with Gasteiger partial charge >= 0.3 is 0 Å². The number of nitrogens with zero attached hydrogens (tertiary/aromatic N) is 1. The fourth-order valence-electron chi connectivity index (χ4n) is 2.01. The third-order valence-electron chi connectivity index (χ3n) is 3.14. The van der Waals surface area contributed by atoms with Crippen molar-refractivity contribution >= 4 is 5.91 Å². The van der Waals surface area contributed by atoms with Crippen LogP contribution in [0.4, 0.5) is 0 Å². The first-order valence-electron chi connectivity index (χ1n) is 6.67. The van der Waals surface area contributed by atoms with E-state index in [1.54, 1.807) is 57.9 Å². The molecule has 1 heterocycles. The van der Waals surface area contributed by atoms with Gasteiger partial charge < -0.3 is 19.5 Å². The average Bonchev–Trinajstić information content (AvgIpc) is 2.59. The van der Waals surface area contributed by atoms with Crippen molar-refractivity contribution in [3.05, 3.63) is 47.8 Å². The highest BCUT2D eigenvalue weighted by atomic mass is 16.5. The highest BCUT2D eigenvalue weighted by Gasteiger charge is 2.15. The molecule has 0 unspecified atom stereocenters. The van der Waals surface area contributed by atoms with Crippen LogP contribution >= 0.6 is 0 Å². The molecule has 0 atom stereocenters. The summed E-state index contributed by atoms with van der Waals surface area (Å²) in [6.07, 6.45) is 1.57. The molecule has 1 aromatic heterocycles. The summed E-state index contributed by atoms with van der Waals surface area (Å²) in [7, 11) is 4.67. The van der Waals surface area contributed by atoms with Gasteiger partial charge in [0.2, 0.25) is 0 Å². The van der Waals surface area contributed by atoms with Crippen LogP contribution in [0.2, 0.25) is 0 Å². The van der Waals surface area contributed by atoms with Crippen LogP contribution in [0.5, 0.6) is 17.2 Å². The van der Waals surface area contributed by atoms with Crippen LogP contribution in [0.25, 0.3) is 0 Å². The Morgan fingerprint density at radius 1 is 1.09 bits per heavy atom. The van der Waals surface area contributed by atoms with E-state index in [2.05, 4.69) is 10.3 Å². The Kier molecular flexibility index (Phi) is 5.19. The number of aromatic nitrogens is 1. The summed E-state index contributed by atoms with van der Waals surface area (Å²) in [5.41, 5.74) is 1.09. The zero-order valence-corrected chi connectivity index (χ0v) is 12.8. The van der Waals surface area contributed by atoms with Gasteiger partial charge in [0.1, 0.15) is 22.9 Å². The largest absolute Gasteiger partial charge is 0.496 e. The number of pyridine rings is 1. The number of benzene rings is 1. The second-order valence-corrected chi connectivity index (χ2v) is 4.41. The molecule has 6 nitrogen and oxygen atoms in total. The van der Waals surface area contributed by atoms with Gasteiger partial charge in [0, 0.05) is 18.3 Å². The van der Waals surface area contributed by atoms with Crippen LogP contribution in [0.15, 0.2) is 36.5 Å². The first-order chi connectivity index (χ1) is 10.7. The minimum absolute atomic E-state index is 0.256. The summed E-state index contributed by atoms with van der Waals surface area (Å²) >= 11 is 0. The molecule has 22 heavy (non-hydrogen) atoms. The van der Waals surface area contributed by atoms with E-state index in [9.17, 15) is 4.79 Å². The maximum Gasteiger partial charge on any atom is 0.270 e. The van der Waals surface area contributed by atoms with Gasteiger partial charge in [-0.15, -0.1) is 0 Å². The van der Waals surface area contributed by atoms with Crippen molar-refractivity contribution in [1.29, 1.82) is 0 Å². The van der Waals surface area contributed by atoms with E-state index < -0.39 is 0 Å². The highest BCUT2D eigenvalue weighted by molar-refractivity contribution is 5.92. The van der Waals surface area contributed by atoms with Gasteiger partial charge in [0.15, 0.2) is 0 Å². The lowest BCUT2D eigenvalue weighted by Gasteiger charge is -2.15. The first kappa shape index (κ1) is 15.6. The number of carbonyl (C=O) groups excluding carboxylic acids is 1. The monoisotopic (exact) mass is 302 g/mol. The Morgan fingerprint density at radius 3 is 2.27 bits per heavy atom. The van der Waals surface area contributed by atoms with Crippen LogP contribution in [-0.4, -0.2) is 32.2 Å². The highest BCUT2D eigenvalue weighted by Crippen LogP contribution is 2.33. The Hall–Kier alpha value is -2.76. The molecule has 0 aliphatic rings. The van der Waals surface area contributed by atoms with Crippen LogP contribution < -0.4 is 19.5 Å². The van der Waals surface area contributed by atoms with Crippen LogP contribution in [0.1, 0.15) is 16.1 Å². The molecule has 2 rings (SSSR count). The Labute approximate surface area is 129 Å². The van der Waals surface area contributed by atoms with Crippen molar-refractivity contribution in [2.45, 2.75) is 6.54 Å². The summed E-state index contributed by atoms with van der Waals surface area (Å²) in [5, 5.41) is 2.80. The van der Waals surface area contributed by atoms with E-state index in [4.69, 9.17) is 14.2 Å². The van der Waals surface area contributed by atoms with Gasteiger partial charge in [0.05, 0.1) is 33.4 Å². The second kappa shape index (κ2) is 7.31. The molecule has 116 valence electrons. The van der Waals surface area contributed by atoms with E-state index in [0.717, 1.165) is 5.56 Å².